The molecule has 0 bridgehead atoms. The number of ether oxygens (including phenoxy) is 1. The van der Waals surface area contributed by atoms with E-state index in [4.69, 9.17) is 4.74 Å². The smallest absolute Gasteiger partial charge is 0.310 e. The molecule has 0 spiro atoms. The van der Waals surface area contributed by atoms with Gasteiger partial charge in [-0.05, 0) is 61.6 Å². The Bertz CT molecular complexity index is 810. The van der Waals surface area contributed by atoms with Crippen LogP contribution in [0.25, 0.3) is 0 Å². The Morgan fingerprint density at radius 3 is 2.47 bits per heavy atom. The van der Waals surface area contributed by atoms with Gasteiger partial charge in [-0.2, -0.15) is 0 Å². The zero-order valence-corrected chi connectivity index (χ0v) is 22.9. The van der Waals surface area contributed by atoms with E-state index in [9.17, 15) is 20.1 Å². The first kappa shape index (κ1) is 27.7. The molecule has 0 saturated carbocycles. The average molecular weight is 580 g/mol. The summed E-state index contributed by atoms with van der Waals surface area (Å²) >= 11 is 3.65. The molecule has 0 saturated heterocycles. The van der Waals surface area contributed by atoms with Gasteiger partial charge < -0.3 is 20.1 Å². The number of aryl methyl sites for hydroxylation is 1. The van der Waals surface area contributed by atoms with E-state index in [1.807, 2.05) is 19.2 Å². The van der Waals surface area contributed by atoms with Crippen LogP contribution in [0.2, 0.25) is 0 Å². The van der Waals surface area contributed by atoms with Gasteiger partial charge in [0, 0.05) is 23.1 Å². The molecule has 6 atom stereocenters. The summed E-state index contributed by atoms with van der Waals surface area (Å²) in [5, 5.41) is 35.5. The van der Waals surface area contributed by atoms with E-state index >= 15 is 0 Å². The van der Waals surface area contributed by atoms with Crippen molar-refractivity contribution in [3.63, 3.8) is 0 Å². The molecule has 0 aliphatic carbocycles. The molecule has 0 aromatic carbocycles. The number of cyclic esters (lactones) is 1. The lowest BCUT2D eigenvalue weighted by molar-refractivity contribution is -0.159. The van der Waals surface area contributed by atoms with Gasteiger partial charge >= 0.3 is 5.97 Å². The van der Waals surface area contributed by atoms with E-state index in [1.165, 1.54) is 16.9 Å². The first-order valence-corrected chi connectivity index (χ1v) is 13.3. The number of carbonyl (C=O) groups is 1. The second-order valence-electron chi connectivity index (χ2n) is 9.91. The van der Waals surface area contributed by atoms with Crippen molar-refractivity contribution in [1.29, 1.82) is 0 Å². The molecule has 0 radical (unpaired) electrons. The fraction of sp³-hybridized carbons (Fsp3) is 0.750. The second-order valence-corrected chi connectivity index (χ2v) is 12.7. The molecule has 2 unspecified atom stereocenters. The molecule has 1 aromatic rings. The largest absolute Gasteiger partial charge is 0.441 e. The van der Waals surface area contributed by atoms with Gasteiger partial charge in [0.25, 0.3) is 0 Å². The van der Waals surface area contributed by atoms with Crippen molar-refractivity contribution in [3.05, 3.63) is 27.7 Å². The number of aliphatic hydroxyl groups is 3. The normalized spacial score (nSPS) is 37.4. The van der Waals surface area contributed by atoms with Crippen molar-refractivity contribution in [3.8, 4) is 0 Å². The van der Waals surface area contributed by atoms with E-state index in [0.717, 1.165) is 24.3 Å². The number of thiazole rings is 1. The van der Waals surface area contributed by atoms with Crippen molar-refractivity contribution in [2.45, 2.75) is 95.6 Å². The summed E-state index contributed by atoms with van der Waals surface area (Å²) in [6, 6.07) is 0. The molecular formula is C24H38INO5S. The summed E-state index contributed by atoms with van der Waals surface area (Å²) in [6.07, 6.45) is 2.14. The highest BCUT2D eigenvalue weighted by Gasteiger charge is 2.43. The summed E-state index contributed by atoms with van der Waals surface area (Å²) in [4.78, 5) is 17.4. The van der Waals surface area contributed by atoms with Crippen LogP contribution >= 0.6 is 33.9 Å². The van der Waals surface area contributed by atoms with Crippen LogP contribution in [0, 0.1) is 24.2 Å². The molecular weight excluding hydrogens is 541 g/mol. The van der Waals surface area contributed by atoms with Crippen LogP contribution < -0.4 is 0 Å². The maximum atomic E-state index is 12.9. The number of halogens is 1. The lowest BCUT2D eigenvalue weighted by Gasteiger charge is -2.41. The maximum absolute atomic E-state index is 12.9. The van der Waals surface area contributed by atoms with Gasteiger partial charge in [-0.1, -0.05) is 39.3 Å². The van der Waals surface area contributed by atoms with Crippen LogP contribution in [-0.2, 0) is 13.1 Å². The molecule has 2 rings (SSSR count). The van der Waals surface area contributed by atoms with E-state index in [2.05, 4.69) is 40.6 Å². The number of rotatable bonds is 1. The van der Waals surface area contributed by atoms with Crippen molar-refractivity contribution in [2.24, 2.45) is 17.3 Å². The van der Waals surface area contributed by atoms with Crippen molar-refractivity contribution in [1.82, 2.24) is 4.98 Å². The summed E-state index contributed by atoms with van der Waals surface area (Å²) in [5.74, 6) is -0.977. The third-order valence-electron chi connectivity index (χ3n) is 6.82. The van der Waals surface area contributed by atoms with Gasteiger partial charge in [-0.3, -0.25) is 4.79 Å². The predicted octanol–water partition coefficient (Wildman–Crippen LogP) is 4.87. The van der Waals surface area contributed by atoms with Crippen LogP contribution in [-0.4, -0.2) is 44.6 Å². The van der Waals surface area contributed by atoms with Crippen LogP contribution in [0.1, 0.15) is 77.4 Å². The zero-order valence-electron chi connectivity index (χ0n) is 20.0. The van der Waals surface area contributed by atoms with Crippen LogP contribution in [0.15, 0.2) is 17.0 Å². The Morgan fingerprint density at radius 1 is 1.22 bits per heavy atom. The lowest BCUT2D eigenvalue weighted by atomic mass is 9.71. The molecule has 2 heterocycles. The highest BCUT2D eigenvalue weighted by atomic mass is 127. The van der Waals surface area contributed by atoms with Gasteiger partial charge in [0.1, 0.15) is 5.69 Å². The topological polar surface area (TPSA) is 99.9 Å². The third-order valence-corrected chi connectivity index (χ3v) is 8.81. The Balaban J connectivity index is 2.38. The molecule has 6 nitrogen and oxygen atoms in total. The standard InChI is InChI=1S/C24H38INO5S/c1-14-8-7-9-15(2)21(29)16(3)22(30)23(5,6)19(27)12-20(28)31-24(25,11-10-14)18-13-32-17(4)26-18/h10,13,15-16,19,21-22,27,29-30H,7-9,11-12H2,1-6H3/b14-10-/t15-,16+,19-,21?,22?,24-/m0/s1. The van der Waals surface area contributed by atoms with Gasteiger partial charge in [-0.15, -0.1) is 11.3 Å². The van der Waals surface area contributed by atoms with Crippen molar-refractivity contribution in [2.75, 3.05) is 0 Å². The molecule has 1 aromatic heterocycles. The number of alkyl halides is 1. The Kier molecular flexibility index (Phi) is 9.74. The van der Waals surface area contributed by atoms with Crippen LogP contribution in [0.3, 0.4) is 0 Å². The van der Waals surface area contributed by atoms with Crippen LogP contribution in [0.4, 0.5) is 0 Å². The highest BCUT2D eigenvalue weighted by molar-refractivity contribution is 14.1. The zero-order chi connectivity index (χ0) is 24.3. The Labute approximate surface area is 209 Å². The molecule has 8 heteroatoms. The minimum Gasteiger partial charge on any atom is -0.441 e. The second kappa shape index (κ2) is 11.3. The van der Waals surface area contributed by atoms with Gasteiger partial charge in [0.2, 0.25) is 3.61 Å². The van der Waals surface area contributed by atoms with E-state index < -0.39 is 39.2 Å². The Morgan fingerprint density at radius 2 is 1.88 bits per heavy atom. The summed E-state index contributed by atoms with van der Waals surface area (Å²) < 4.78 is 4.95. The number of aromatic nitrogens is 1. The number of hydrogen-bond acceptors (Lipinski definition) is 7. The van der Waals surface area contributed by atoms with Crippen LogP contribution in [0.5, 0.6) is 0 Å². The third kappa shape index (κ3) is 6.74. The number of hydrogen-bond donors (Lipinski definition) is 3. The molecule has 0 fully saturated rings. The molecule has 182 valence electrons. The maximum Gasteiger partial charge on any atom is 0.310 e. The van der Waals surface area contributed by atoms with Gasteiger partial charge in [-0.25, -0.2) is 4.98 Å². The molecule has 1 aliphatic heterocycles. The lowest BCUT2D eigenvalue weighted by Crippen LogP contribution is -2.49. The van der Waals surface area contributed by atoms with Gasteiger partial charge in [0.05, 0.1) is 29.7 Å². The number of nitrogens with zero attached hydrogens (tertiary/aromatic N) is 1. The van der Waals surface area contributed by atoms with Crippen molar-refractivity contribution >= 4 is 39.9 Å². The van der Waals surface area contributed by atoms with E-state index in [0.29, 0.717) is 12.1 Å². The SMILES string of the molecule is C/C1=C/C[C@@](I)(c2csc(C)n2)OC(=O)C[C@H](O)C(C)(C)C(O)[C@H](C)C(O)[C@@H](C)CCC1. The number of carbonyl (C=O) groups excluding carboxylic acids is 1. The molecule has 1 aliphatic rings. The fourth-order valence-corrected chi connectivity index (χ4v) is 5.87. The predicted molar refractivity (Wildman–Crippen MR) is 136 cm³/mol. The highest BCUT2D eigenvalue weighted by Crippen LogP contribution is 2.40. The molecule has 0 amide bonds. The average Bonchev–Trinajstić information content (AvgIpc) is 3.16. The molecule has 3 N–H and O–H groups in total. The monoisotopic (exact) mass is 579 g/mol. The van der Waals surface area contributed by atoms with E-state index in [-0.39, 0.29) is 12.3 Å². The first-order valence-electron chi connectivity index (χ1n) is 11.3. The molecule has 32 heavy (non-hydrogen) atoms. The van der Waals surface area contributed by atoms with E-state index in [1.54, 1.807) is 20.8 Å². The number of allylic oxidation sites excluding steroid dienone is 1. The first-order chi connectivity index (χ1) is 14.8. The fourth-order valence-electron chi connectivity index (χ4n) is 4.24. The van der Waals surface area contributed by atoms with Gasteiger partial charge in [0.15, 0.2) is 0 Å². The summed E-state index contributed by atoms with van der Waals surface area (Å²) in [6.45, 7) is 11.2. The minimum absolute atomic E-state index is 0.0138. The number of esters is 1. The minimum atomic E-state index is -1.13. The summed E-state index contributed by atoms with van der Waals surface area (Å²) in [7, 11) is 0. The summed E-state index contributed by atoms with van der Waals surface area (Å²) in [5.41, 5.74) is 0.882. The number of aliphatic hydroxyl groups excluding tert-OH is 3. The van der Waals surface area contributed by atoms with Crippen molar-refractivity contribution < 1.29 is 24.9 Å². The quantitative estimate of drug-likeness (QED) is 0.190. The Hall–Kier alpha value is -0.550.